The van der Waals surface area contributed by atoms with Gasteiger partial charge in [0.2, 0.25) is 10.0 Å². The lowest BCUT2D eigenvalue weighted by Gasteiger charge is -2.21. The number of hydrogen-bond donors (Lipinski definition) is 1. The molecular weight excluding hydrogens is 260 g/mol. The fourth-order valence-electron chi connectivity index (χ4n) is 2.70. The predicted molar refractivity (Wildman–Crippen MR) is 76.3 cm³/mol. The Morgan fingerprint density at radius 2 is 2.11 bits per heavy atom. The van der Waals surface area contributed by atoms with E-state index in [0.717, 1.165) is 30.4 Å². The van der Waals surface area contributed by atoms with Crippen LogP contribution in [0.3, 0.4) is 0 Å². The maximum atomic E-state index is 12.6. The Morgan fingerprint density at radius 1 is 1.37 bits per heavy atom. The van der Waals surface area contributed by atoms with E-state index in [9.17, 15) is 8.42 Å². The molecule has 0 radical (unpaired) electrons. The van der Waals surface area contributed by atoms with Crippen molar-refractivity contribution in [3.63, 3.8) is 0 Å². The first-order valence-corrected chi connectivity index (χ1v) is 8.28. The van der Waals surface area contributed by atoms with Crippen LogP contribution in [0.5, 0.6) is 0 Å². The summed E-state index contributed by atoms with van der Waals surface area (Å²) < 4.78 is 26.8. The van der Waals surface area contributed by atoms with Crippen LogP contribution in [0.4, 0.5) is 0 Å². The molecule has 1 aromatic carbocycles. The SMILES string of the molecule is CCc1ccc(S(=O)(=O)N2CCCC2C)cc1CN. The van der Waals surface area contributed by atoms with Gasteiger partial charge in [-0.3, -0.25) is 0 Å². The fourth-order valence-corrected chi connectivity index (χ4v) is 4.45. The zero-order valence-electron chi connectivity index (χ0n) is 11.6. The molecule has 0 amide bonds. The summed E-state index contributed by atoms with van der Waals surface area (Å²) >= 11 is 0. The summed E-state index contributed by atoms with van der Waals surface area (Å²) in [6, 6.07) is 5.42. The van der Waals surface area contributed by atoms with E-state index in [1.807, 2.05) is 19.9 Å². The van der Waals surface area contributed by atoms with Crippen molar-refractivity contribution in [3.8, 4) is 0 Å². The van der Waals surface area contributed by atoms with Crippen molar-refractivity contribution in [1.29, 1.82) is 0 Å². The monoisotopic (exact) mass is 282 g/mol. The molecule has 1 fully saturated rings. The maximum absolute atomic E-state index is 12.6. The second kappa shape index (κ2) is 5.61. The summed E-state index contributed by atoms with van der Waals surface area (Å²) in [5, 5.41) is 0. The summed E-state index contributed by atoms with van der Waals surface area (Å²) in [5.41, 5.74) is 7.76. The molecule has 0 aliphatic carbocycles. The molecule has 0 bridgehead atoms. The van der Waals surface area contributed by atoms with Crippen LogP contribution < -0.4 is 5.73 Å². The first kappa shape index (κ1) is 14.5. The number of rotatable bonds is 4. The van der Waals surface area contributed by atoms with Gasteiger partial charge in [-0.25, -0.2) is 8.42 Å². The number of nitrogens with two attached hydrogens (primary N) is 1. The van der Waals surface area contributed by atoms with E-state index in [-0.39, 0.29) is 6.04 Å². The van der Waals surface area contributed by atoms with E-state index in [1.54, 1.807) is 16.4 Å². The smallest absolute Gasteiger partial charge is 0.243 e. The fraction of sp³-hybridized carbons (Fsp3) is 0.571. The van der Waals surface area contributed by atoms with Crippen molar-refractivity contribution >= 4 is 10.0 Å². The Morgan fingerprint density at radius 3 is 2.63 bits per heavy atom. The first-order chi connectivity index (χ1) is 9.00. The summed E-state index contributed by atoms with van der Waals surface area (Å²) in [7, 11) is -3.37. The summed E-state index contributed by atoms with van der Waals surface area (Å²) in [6.07, 6.45) is 2.75. The molecule has 0 aromatic heterocycles. The van der Waals surface area contributed by atoms with Gasteiger partial charge in [0.15, 0.2) is 0 Å². The third-order valence-electron chi connectivity index (χ3n) is 3.88. The third-order valence-corrected chi connectivity index (χ3v) is 5.89. The first-order valence-electron chi connectivity index (χ1n) is 6.84. The van der Waals surface area contributed by atoms with Crippen LogP contribution in [0.15, 0.2) is 23.1 Å². The summed E-state index contributed by atoms with van der Waals surface area (Å²) in [6.45, 7) is 5.01. The van der Waals surface area contributed by atoms with Gasteiger partial charge in [-0.05, 0) is 49.4 Å². The van der Waals surface area contributed by atoms with E-state index < -0.39 is 10.0 Å². The van der Waals surface area contributed by atoms with Gasteiger partial charge in [-0.15, -0.1) is 0 Å². The molecule has 0 saturated carbocycles. The van der Waals surface area contributed by atoms with Crippen molar-refractivity contribution in [3.05, 3.63) is 29.3 Å². The van der Waals surface area contributed by atoms with Crippen molar-refractivity contribution in [2.45, 2.75) is 50.6 Å². The average molecular weight is 282 g/mol. The van der Waals surface area contributed by atoms with Crippen LogP contribution in [-0.2, 0) is 23.0 Å². The lowest BCUT2D eigenvalue weighted by Crippen LogP contribution is -2.33. The van der Waals surface area contributed by atoms with Gasteiger partial charge in [0.05, 0.1) is 4.90 Å². The van der Waals surface area contributed by atoms with E-state index in [4.69, 9.17) is 5.73 Å². The van der Waals surface area contributed by atoms with E-state index in [1.165, 1.54) is 0 Å². The average Bonchev–Trinajstić information content (AvgIpc) is 2.84. The van der Waals surface area contributed by atoms with Gasteiger partial charge >= 0.3 is 0 Å². The number of sulfonamides is 1. The maximum Gasteiger partial charge on any atom is 0.243 e. The van der Waals surface area contributed by atoms with Crippen molar-refractivity contribution in [2.75, 3.05) is 6.54 Å². The number of nitrogens with zero attached hydrogens (tertiary/aromatic N) is 1. The highest BCUT2D eigenvalue weighted by molar-refractivity contribution is 7.89. The molecule has 2 rings (SSSR count). The molecule has 1 unspecified atom stereocenters. The lowest BCUT2D eigenvalue weighted by molar-refractivity contribution is 0.408. The zero-order valence-corrected chi connectivity index (χ0v) is 12.4. The molecule has 2 N–H and O–H groups in total. The predicted octanol–water partition coefficient (Wildman–Crippen LogP) is 1.88. The molecule has 5 heteroatoms. The third kappa shape index (κ3) is 2.68. The van der Waals surface area contributed by atoms with E-state index >= 15 is 0 Å². The van der Waals surface area contributed by atoms with Gasteiger partial charge < -0.3 is 5.73 Å². The quantitative estimate of drug-likeness (QED) is 0.917. The Labute approximate surface area is 115 Å². The standard InChI is InChI=1S/C14H22N2O2S/c1-3-12-6-7-14(9-13(12)10-15)19(17,18)16-8-4-5-11(16)2/h6-7,9,11H,3-5,8,10,15H2,1-2H3. The van der Waals surface area contributed by atoms with Gasteiger partial charge in [0.25, 0.3) is 0 Å². The molecule has 1 saturated heterocycles. The second-order valence-electron chi connectivity index (χ2n) is 5.10. The Bertz CT molecular complexity index is 555. The Kier molecular flexibility index (Phi) is 4.28. The second-order valence-corrected chi connectivity index (χ2v) is 6.99. The number of benzene rings is 1. The van der Waals surface area contributed by atoms with Gasteiger partial charge in [-0.1, -0.05) is 13.0 Å². The van der Waals surface area contributed by atoms with Gasteiger partial charge in [0.1, 0.15) is 0 Å². The van der Waals surface area contributed by atoms with E-state index in [2.05, 4.69) is 0 Å². The molecule has 19 heavy (non-hydrogen) atoms. The normalized spacial score (nSPS) is 20.9. The van der Waals surface area contributed by atoms with Crippen LogP contribution in [0.25, 0.3) is 0 Å². The van der Waals surface area contributed by atoms with Gasteiger partial charge in [0, 0.05) is 19.1 Å². The van der Waals surface area contributed by atoms with Crippen LogP contribution in [0, 0.1) is 0 Å². The highest BCUT2D eigenvalue weighted by Gasteiger charge is 2.32. The number of aryl methyl sites for hydroxylation is 1. The Balaban J connectivity index is 2.40. The number of hydrogen-bond acceptors (Lipinski definition) is 3. The molecule has 106 valence electrons. The molecule has 1 aromatic rings. The highest BCUT2D eigenvalue weighted by atomic mass is 32.2. The van der Waals surface area contributed by atoms with Crippen LogP contribution in [0.2, 0.25) is 0 Å². The van der Waals surface area contributed by atoms with Crippen molar-refractivity contribution < 1.29 is 8.42 Å². The molecular formula is C14H22N2O2S. The summed E-state index contributed by atoms with van der Waals surface area (Å²) in [5.74, 6) is 0. The summed E-state index contributed by atoms with van der Waals surface area (Å²) in [4.78, 5) is 0.374. The molecule has 4 nitrogen and oxygen atoms in total. The molecule has 0 spiro atoms. The Hall–Kier alpha value is -0.910. The van der Waals surface area contributed by atoms with E-state index in [0.29, 0.717) is 18.0 Å². The topological polar surface area (TPSA) is 63.4 Å². The van der Waals surface area contributed by atoms with Crippen LogP contribution in [0.1, 0.15) is 37.8 Å². The van der Waals surface area contributed by atoms with Crippen molar-refractivity contribution in [1.82, 2.24) is 4.31 Å². The minimum atomic E-state index is -3.37. The zero-order chi connectivity index (χ0) is 14.0. The molecule has 1 aliphatic rings. The minimum absolute atomic E-state index is 0.0946. The largest absolute Gasteiger partial charge is 0.326 e. The molecule has 1 aliphatic heterocycles. The molecule has 1 heterocycles. The highest BCUT2D eigenvalue weighted by Crippen LogP contribution is 2.27. The molecule has 1 atom stereocenters. The van der Waals surface area contributed by atoms with Crippen LogP contribution >= 0.6 is 0 Å². The van der Waals surface area contributed by atoms with Gasteiger partial charge in [-0.2, -0.15) is 4.31 Å². The minimum Gasteiger partial charge on any atom is -0.326 e. The van der Waals surface area contributed by atoms with Crippen molar-refractivity contribution in [2.24, 2.45) is 5.73 Å². The van der Waals surface area contributed by atoms with Crippen LogP contribution in [-0.4, -0.2) is 25.3 Å². The lowest BCUT2D eigenvalue weighted by atomic mass is 10.1.